The molecule has 114 valence electrons. The summed E-state index contributed by atoms with van der Waals surface area (Å²) in [5.41, 5.74) is 3.28. The number of amides is 1. The Morgan fingerprint density at radius 1 is 1.18 bits per heavy atom. The maximum Gasteiger partial charge on any atom is 0.262 e. The standard InChI is InChI=1S/C17H16BrNO3/c1-11-5-12(2)7-15(6-11)19-17(21)10-22-16-4-3-14(18)8-13(16)9-20/h3-9H,10H2,1-2H3,(H,19,21). The minimum Gasteiger partial charge on any atom is -0.483 e. The molecule has 0 heterocycles. The number of nitrogens with one attached hydrogen (secondary N) is 1. The number of rotatable bonds is 5. The molecule has 0 aliphatic heterocycles. The number of halogens is 1. The second kappa shape index (κ2) is 7.22. The van der Waals surface area contributed by atoms with E-state index >= 15 is 0 Å². The predicted molar refractivity (Wildman–Crippen MR) is 89.6 cm³/mol. The van der Waals surface area contributed by atoms with Gasteiger partial charge in [-0.2, -0.15) is 0 Å². The molecule has 0 radical (unpaired) electrons. The Bertz CT molecular complexity index is 693. The summed E-state index contributed by atoms with van der Waals surface area (Å²) in [5.74, 6) is 0.110. The number of ether oxygens (including phenoxy) is 1. The van der Waals surface area contributed by atoms with Gasteiger partial charge in [0.2, 0.25) is 0 Å². The van der Waals surface area contributed by atoms with Gasteiger partial charge in [-0.15, -0.1) is 0 Å². The fraction of sp³-hybridized carbons (Fsp3) is 0.176. The number of benzene rings is 2. The summed E-state index contributed by atoms with van der Waals surface area (Å²) in [6.45, 7) is 3.78. The molecule has 0 saturated heterocycles. The second-order valence-electron chi connectivity index (χ2n) is 5.01. The molecule has 22 heavy (non-hydrogen) atoms. The van der Waals surface area contributed by atoms with Crippen LogP contribution in [0.3, 0.4) is 0 Å². The molecule has 0 unspecified atom stereocenters. The largest absolute Gasteiger partial charge is 0.483 e. The van der Waals surface area contributed by atoms with Crippen LogP contribution in [-0.2, 0) is 4.79 Å². The van der Waals surface area contributed by atoms with Crippen molar-refractivity contribution in [3.63, 3.8) is 0 Å². The van der Waals surface area contributed by atoms with Crippen LogP contribution in [0.4, 0.5) is 5.69 Å². The summed E-state index contributed by atoms with van der Waals surface area (Å²) in [6, 6.07) is 10.9. The molecule has 0 aliphatic rings. The van der Waals surface area contributed by atoms with Gasteiger partial charge >= 0.3 is 0 Å². The molecule has 0 spiro atoms. The first-order valence-electron chi connectivity index (χ1n) is 6.73. The van der Waals surface area contributed by atoms with Gasteiger partial charge in [-0.3, -0.25) is 9.59 Å². The van der Waals surface area contributed by atoms with Crippen molar-refractivity contribution in [2.75, 3.05) is 11.9 Å². The van der Waals surface area contributed by atoms with Gasteiger partial charge in [-0.25, -0.2) is 0 Å². The third-order valence-electron chi connectivity index (χ3n) is 2.96. The molecule has 2 rings (SSSR count). The topological polar surface area (TPSA) is 55.4 Å². The van der Waals surface area contributed by atoms with Gasteiger partial charge in [0.1, 0.15) is 5.75 Å². The lowest BCUT2D eigenvalue weighted by Crippen LogP contribution is -2.20. The van der Waals surface area contributed by atoms with E-state index in [2.05, 4.69) is 21.2 Å². The molecule has 0 aliphatic carbocycles. The molecule has 1 amide bonds. The fourth-order valence-corrected chi connectivity index (χ4v) is 2.51. The van der Waals surface area contributed by atoms with Crippen molar-refractivity contribution in [1.82, 2.24) is 0 Å². The number of anilines is 1. The van der Waals surface area contributed by atoms with Gasteiger partial charge < -0.3 is 10.1 Å². The lowest BCUT2D eigenvalue weighted by atomic mass is 10.1. The summed E-state index contributed by atoms with van der Waals surface area (Å²) >= 11 is 3.28. The van der Waals surface area contributed by atoms with E-state index < -0.39 is 0 Å². The molecule has 5 heteroatoms. The average molecular weight is 362 g/mol. The van der Waals surface area contributed by atoms with Crippen molar-refractivity contribution in [2.24, 2.45) is 0 Å². The lowest BCUT2D eigenvalue weighted by Gasteiger charge is -2.10. The van der Waals surface area contributed by atoms with Gasteiger partial charge in [-0.05, 0) is 55.3 Å². The Morgan fingerprint density at radius 3 is 2.50 bits per heavy atom. The van der Waals surface area contributed by atoms with E-state index in [0.29, 0.717) is 17.6 Å². The van der Waals surface area contributed by atoms with Crippen molar-refractivity contribution in [3.05, 3.63) is 57.6 Å². The summed E-state index contributed by atoms with van der Waals surface area (Å²) in [6.07, 6.45) is 0.696. The molecule has 4 nitrogen and oxygen atoms in total. The van der Waals surface area contributed by atoms with Crippen molar-refractivity contribution in [3.8, 4) is 5.75 Å². The lowest BCUT2D eigenvalue weighted by molar-refractivity contribution is -0.118. The predicted octanol–water partition coefficient (Wildman–Crippen LogP) is 3.90. The fourth-order valence-electron chi connectivity index (χ4n) is 2.13. The van der Waals surface area contributed by atoms with Crippen LogP contribution in [0.2, 0.25) is 0 Å². The van der Waals surface area contributed by atoms with Crippen LogP contribution in [0, 0.1) is 13.8 Å². The maximum absolute atomic E-state index is 11.9. The van der Waals surface area contributed by atoms with Crippen LogP contribution in [0.1, 0.15) is 21.5 Å². The second-order valence-corrected chi connectivity index (χ2v) is 5.93. The smallest absolute Gasteiger partial charge is 0.262 e. The van der Waals surface area contributed by atoms with Gasteiger partial charge in [0.05, 0.1) is 5.56 Å². The van der Waals surface area contributed by atoms with Crippen molar-refractivity contribution < 1.29 is 14.3 Å². The Morgan fingerprint density at radius 2 is 1.86 bits per heavy atom. The summed E-state index contributed by atoms with van der Waals surface area (Å²) < 4.78 is 6.19. The SMILES string of the molecule is Cc1cc(C)cc(NC(=O)COc2ccc(Br)cc2C=O)c1. The first-order valence-corrected chi connectivity index (χ1v) is 7.53. The Kier molecular flexibility index (Phi) is 5.33. The van der Waals surface area contributed by atoms with Crippen LogP contribution in [0.5, 0.6) is 5.75 Å². The van der Waals surface area contributed by atoms with E-state index in [1.807, 2.05) is 32.0 Å². The minimum atomic E-state index is -0.273. The van der Waals surface area contributed by atoms with E-state index in [1.54, 1.807) is 18.2 Å². The minimum absolute atomic E-state index is 0.157. The molecule has 2 aromatic carbocycles. The zero-order valence-electron chi connectivity index (χ0n) is 12.4. The van der Waals surface area contributed by atoms with E-state index in [4.69, 9.17) is 4.74 Å². The van der Waals surface area contributed by atoms with Gasteiger partial charge in [-0.1, -0.05) is 22.0 Å². The van der Waals surface area contributed by atoms with Crippen LogP contribution < -0.4 is 10.1 Å². The molecule has 2 aromatic rings. The molecular weight excluding hydrogens is 346 g/mol. The summed E-state index contributed by atoms with van der Waals surface area (Å²) in [5, 5.41) is 2.78. The number of hydrogen-bond donors (Lipinski definition) is 1. The highest BCUT2D eigenvalue weighted by atomic mass is 79.9. The zero-order chi connectivity index (χ0) is 16.1. The van der Waals surface area contributed by atoms with E-state index in [0.717, 1.165) is 21.3 Å². The molecule has 1 N–H and O–H groups in total. The molecule has 0 saturated carbocycles. The van der Waals surface area contributed by atoms with Crippen molar-refractivity contribution >= 4 is 33.8 Å². The normalized spacial score (nSPS) is 10.1. The van der Waals surface area contributed by atoms with Crippen LogP contribution in [0.25, 0.3) is 0 Å². The zero-order valence-corrected chi connectivity index (χ0v) is 13.9. The van der Waals surface area contributed by atoms with Gasteiger partial charge in [0.25, 0.3) is 5.91 Å². The molecule has 0 bridgehead atoms. The highest BCUT2D eigenvalue weighted by Gasteiger charge is 2.08. The highest BCUT2D eigenvalue weighted by molar-refractivity contribution is 9.10. The number of carbonyl (C=O) groups excluding carboxylic acids is 2. The Hall–Kier alpha value is -2.14. The van der Waals surface area contributed by atoms with Crippen molar-refractivity contribution in [1.29, 1.82) is 0 Å². The highest BCUT2D eigenvalue weighted by Crippen LogP contribution is 2.21. The number of aldehydes is 1. The first kappa shape index (κ1) is 16.2. The quantitative estimate of drug-likeness (QED) is 0.821. The van der Waals surface area contributed by atoms with Crippen molar-refractivity contribution in [2.45, 2.75) is 13.8 Å². The Balaban J connectivity index is 1.99. The van der Waals surface area contributed by atoms with Gasteiger partial charge in [0.15, 0.2) is 12.9 Å². The summed E-state index contributed by atoms with van der Waals surface area (Å²) in [4.78, 5) is 22.9. The number of aryl methyl sites for hydroxylation is 2. The molecule has 0 aromatic heterocycles. The van der Waals surface area contributed by atoms with E-state index in [-0.39, 0.29) is 12.5 Å². The third-order valence-corrected chi connectivity index (χ3v) is 3.46. The average Bonchev–Trinajstić information content (AvgIpc) is 2.44. The monoisotopic (exact) mass is 361 g/mol. The summed E-state index contributed by atoms with van der Waals surface area (Å²) in [7, 11) is 0. The number of carbonyl (C=O) groups is 2. The third kappa shape index (κ3) is 4.43. The number of hydrogen-bond acceptors (Lipinski definition) is 3. The molecular formula is C17H16BrNO3. The molecule has 0 atom stereocenters. The van der Waals surface area contributed by atoms with Crippen LogP contribution in [0.15, 0.2) is 40.9 Å². The van der Waals surface area contributed by atoms with Crippen LogP contribution in [-0.4, -0.2) is 18.8 Å². The first-order chi connectivity index (χ1) is 10.5. The molecule has 0 fully saturated rings. The van der Waals surface area contributed by atoms with Crippen LogP contribution >= 0.6 is 15.9 Å². The van der Waals surface area contributed by atoms with Gasteiger partial charge in [0, 0.05) is 10.2 Å². The maximum atomic E-state index is 11.9. The Labute approximate surface area is 137 Å². The van der Waals surface area contributed by atoms with E-state index in [9.17, 15) is 9.59 Å². The van der Waals surface area contributed by atoms with E-state index in [1.165, 1.54) is 0 Å².